The van der Waals surface area contributed by atoms with Gasteiger partial charge in [0.25, 0.3) is 0 Å². The average Bonchev–Trinajstić information content (AvgIpc) is 3.16. The van der Waals surface area contributed by atoms with Gasteiger partial charge in [-0.2, -0.15) is 39.5 Å². The van der Waals surface area contributed by atoms with Crippen molar-refractivity contribution >= 4 is 5.91 Å². The van der Waals surface area contributed by atoms with Crippen molar-refractivity contribution in [3.63, 3.8) is 0 Å². The van der Waals surface area contributed by atoms with Crippen molar-refractivity contribution in [3.8, 4) is 11.1 Å². The highest BCUT2D eigenvalue weighted by Crippen LogP contribution is 2.40. The Bertz CT molecular complexity index is 1030. The van der Waals surface area contributed by atoms with Gasteiger partial charge in [-0.3, -0.25) is 4.79 Å². The van der Waals surface area contributed by atoms with Gasteiger partial charge >= 0.3 is 18.5 Å². The largest absolute Gasteiger partial charge is 0.416 e. The maximum absolute atomic E-state index is 13.4. The molecule has 3 nitrogen and oxygen atoms in total. The molecule has 186 valence electrons. The van der Waals surface area contributed by atoms with Crippen molar-refractivity contribution in [1.29, 1.82) is 0 Å². The zero-order chi connectivity index (χ0) is 25.5. The van der Waals surface area contributed by atoms with E-state index in [1.807, 2.05) is 0 Å². The number of nitrogens with one attached hydrogen (secondary N) is 2. The van der Waals surface area contributed by atoms with E-state index in [4.69, 9.17) is 0 Å². The zero-order valence-corrected chi connectivity index (χ0v) is 16.9. The summed E-state index contributed by atoms with van der Waals surface area (Å²) in [4.78, 5) is 12.1. The van der Waals surface area contributed by atoms with Crippen LogP contribution < -0.4 is 10.6 Å². The minimum Gasteiger partial charge on any atom is -0.351 e. The zero-order valence-electron chi connectivity index (χ0n) is 16.9. The van der Waals surface area contributed by atoms with Gasteiger partial charge in [0, 0.05) is 19.5 Å². The van der Waals surface area contributed by atoms with Crippen LogP contribution in [0.2, 0.25) is 0 Å². The van der Waals surface area contributed by atoms with E-state index in [1.54, 1.807) is 0 Å². The third-order valence-corrected chi connectivity index (χ3v) is 5.10. The normalized spacial score (nSPS) is 19.4. The van der Waals surface area contributed by atoms with Crippen LogP contribution in [0.5, 0.6) is 0 Å². The van der Waals surface area contributed by atoms with Crippen LogP contribution in [0.25, 0.3) is 11.1 Å². The van der Waals surface area contributed by atoms with Gasteiger partial charge in [-0.1, -0.05) is 0 Å². The van der Waals surface area contributed by atoms with Gasteiger partial charge < -0.3 is 10.6 Å². The van der Waals surface area contributed by atoms with Crippen LogP contribution in [0.3, 0.4) is 0 Å². The summed E-state index contributed by atoms with van der Waals surface area (Å²) in [5.41, 5.74) is -6.21. The van der Waals surface area contributed by atoms with Crippen LogP contribution >= 0.6 is 0 Å². The summed E-state index contributed by atoms with van der Waals surface area (Å²) >= 11 is 0. The van der Waals surface area contributed by atoms with Crippen molar-refractivity contribution < 1.29 is 48.7 Å². The van der Waals surface area contributed by atoms with Crippen molar-refractivity contribution in [2.75, 3.05) is 6.54 Å². The number of hydrogen-bond acceptors (Lipinski definition) is 2. The van der Waals surface area contributed by atoms with Crippen LogP contribution in [-0.2, 0) is 29.9 Å². The lowest BCUT2D eigenvalue weighted by atomic mass is 9.95. The molecule has 1 saturated heterocycles. The summed E-state index contributed by atoms with van der Waals surface area (Å²) in [5, 5.41) is 4.87. The first-order valence-electron chi connectivity index (χ1n) is 9.70. The molecule has 1 aliphatic heterocycles. The Balaban J connectivity index is 2.02. The molecule has 2 aromatic carbocycles. The molecule has 0 bridgehead atoms. The van der Waals surface area contributed by atoms with E-state index in [-0.39, 0.29) is 24.6 Å². The van der Waals surface area contributed by atoms with Crippen molar-refractivity contribution in [1.82, 2.24) is 10.6 Å². The highest BCUT2D eigenvalue weighted by atomic mass is 19.4. The number of alkyl halides is 10. The second-order valence-electron chi connectivity index (χ2n) is 7.72. The molecule has 1 amide bonds. The third kappa shape index (κ3) is 6.19. The van der Waals surface area contributed by atoms with Crippen LogP contribution in [0.15, 0.2) is 36.4 Å². The van der Waals surface area contributed by atoms with E-state index in [9.17, 15) is 48.7 Å². The summed E-state index contributed by atoms with van der Waals surface area (Å²) < 4.78 is 132. The molecule has 0 aliphatic carbocycles. The number of benzene rings is 2. The molecule has 3 rings (SSSR count). The van der Waals surface area contributed by atoms with Gasteiger partial charge in [0.15, 0.2) is 0 Å². The Morgan fingerprint density at radius 3 is 1.71 bits per heavy atom. The Hall–Kier alpha value is -2.83. The first kappa shape index (κ1) is 25.8. The van der Waals surface area contributed by atoms with E-state index < -0.39 is 71.0 Å². The van der Waals surface area contributed by atoms with Gasteiger partial charge in [-0.25, -0.2) is 4.39 Å². The van der Waals surface area contributed by atoms with Gasteiger partial charge in [0.1, 0.15) is 6.17 Å². The maximum Gasteiger partial charge on any atom is 0.416 e. The monoisotopic (exact) mass is 502 g/mol. The molecule has 1 aliphatic rings. The molecule has 13 heteroatoms. The predicted molar refractivity (Wildman–Crippen MR) is 100 cm³/mol. The molecule has 0 unspecified atom stereocenters. The van der Waals surface area contributed by atoms with Crippen molar-refractivity contribution in [2.45, 2.75) is 43.7 Å². The van der Waals surface area contributed by atoms with Crippen molar-refractivity contribution in [2.24, 2.45) is 0 Å². The molecule has 0 radical (unpaired) electrons. The summed E-state index contributed by atoms with van der Waals surface area (Å²) in [7, 11) is 0. The van der Waals surface area contributed by atoms with E-state index in [0.29, 0.717) is 24.3 Å². The second-order valence-corrected chi connectivity index (χ2v) is 7.72. The second kappa shape index (κ2) is 9.08. The summed E-state index contributed by atoms with van der Waals surface area (Å²) in [6, 6.07) is 1.57. The Morgan fingerprint density at radius 1 is 0.794 bits per heavy atom. The lowest BCUT2D eigenvalue weighted by molar-refractivity contribution is -0.143. The Kier molecular flexibility index (Phi) is 6.89. The molecule has 0 saturated carbocycles. The third-order valence-electron chi connectivity index (χ3n) is 5.10. The van der Waals surface area contributed by atoms with Crippen molar-refractivity contribution in [3.05, 3.63) is 58.7 Å². The van der Waals surface area contributed by atoms with E-state index in [0.717, 1.165) is 6.07 Å². The smallest absolute Gasteiger partial charge is 0.351 e. The van der Waals surface area contributed by atoms with Gasteiger partial charge in [-0.15, -0.1) is 0 Å². The van der Waals surface area contributed by atoms with Crippen LogP contribution in [-0.4, -0.2) is 24.7 Å². The maximum atomic E-state index is 13.4. The summed E-state index contributed by atoms with van der Waals surface area (Å²) in [6.07, 6.45) is -16.8. The minimum atomic E-state index is -5.18. The molecular formula is C21H16F10N2O. The highest BCUT2D eigenvalue weighted by molar-refractivity contribution is 5.82. The minimum absolute atomic E-state index is 0.0805. The number of rotatable bonds is 4. The molecule has 34 heavy (non-hydrogen) atoms. The molecular weight excluding hydrogens is 486 g/mol. The topological polar surface area (TPSA) is 41.1 Å². The molecule has 0 aromatic heterocycles. The Morgan fingerprint density at radius 2 is 1.26 bits per heavy atom. The number of halogens is 10. The quantitative estimate of drug-likeness (QED) is 0.525. The van der Waals surface area contributed by atoms with Gasteiger partial charge in [0.2, 0.25) is 5.91 Å². The van der Waals surface area contributed by atoms with Crippen LogP contribution in [0, 0.1) is 0 Å². The fourth-order valence-electron chi connectivity index (χ4n) is 3.45. The number of carbonyl (C=O) groups is 1. The lowest BCUT2D eigenvalue weighted by Gasteiger charge is -2.17. The first-order valence-corrected chi connectivity index (χ1v) is 9.70. The average molecular weight is 502 g/mol. The number of amides is 1. The van der Waals surface area contributed by atoms with E-state index in [1.165, 1.54) is 0 Å². The highest BCUT2D eigenvalue weighted by Gasteiger charge is 2.37. The molecule has 1 fully saturated rings. The SMILES string of the molecule is O=C(NCc1cc(-c2cc(C(F)(F)F)cc(C(F)(F)F)c2)cc(C(F)(F)F)c1)[C@@H]1C[C@H](F)CN1. The molecule has 2 N–H and O–H groups in total. The van der Waals surface area contributed by atoms with Crippen LogP contribution in [0.4, 0.5) is 43.9 Å². The molecule has 2 atom stereocenters. The molecule has 1 heterocycles. The number of carbonyl (C=O) groups excluding carboxylic acids is 1. The first-order chi connectivity index (χ1) is 15.5. The predicted octanol–water partition coefficient (Wildman–Crippen LogP) is 5.73. The fourth-order valence-corrected chi connectivity index (χ4v) is 3.45. The van der Waals surface area contributed by atoms with E-state index >= 15 is 0 Å². The molecule has 2 aromatic rings. The lowest BCUT2D eigenvalue weighted by Crippen LogP contribution is -2.40. The van der Waals surface area contributed by atoms with E-state index in [2.05, 4.69) is 10.6 Å². The van der Waals surface area contributed by atoms with Gasteiger partial charge in [-0.05, 0) is 53.1 Å². The summed E-state index contributed by atoms with van der Waals surface area (Å²) in [6.45, 7) is -0.598. The Labute approximate surface area is 186 Å². The van der Waals surface area contributed by atoms with Crippen LogP contribution in [0.1, 0.15) is 28.7 Å². The standard InChI is InChI=1S/C21H16F10N2O/c22-16-7-17(32-9-16)18(34)33-8-10-1-11(3-13(2-10)19(23,24)25)12-4-14(20(26,27)28)6-15(5-12)21(29,30)31/h1-6,16-17,32H,7-9H2,(H,33,34)/t16-,17-/m0/s1. The fraction of sp³-hybridized carbons (Fsp3) is 0.381. The number of hydrogen-bond donors (Lipinski definition) is 2. The molecule has 0 spiro atoms. The summed E-state index contributed by atoms with van der Waals surface area (Å²) in [5.74, 6) is -0.711. The van der Waals surface area contributed by atoms with Gasteiger partial charge in [0.05, 0.1) is 22.7 Å².